The molecule has 0 atom stereocenters. The van der Waals surface area contributed by atoms with Crippen molar-refractivity contribution in [3.63, 3.8) is 0 Å². The highest BCUT2D eigenvalue weighted by Crippen LogP contribution is 2.39. The van der Waals surface area contributed by atoms with Crippen molar-refractivity contribution < 1.29 is 14.3 Å². The fourth-order valence-electron chi connectivity index (χ4n) is 5.15. The second-order valence-electron chi connectivity index (χ2n) is 10.3. The average Bonchev–Trinajstić information content (AvgIpc) is 3.03. The molecule has 1 fully saturated rings. The lowest BCUT2D eigenvalue weighted by Gasteiger charge is -2.27. The van der Waals surface area contributed by atoms with Gasteiger partial charge in [0.25, 0.3) is 0 Å². The van der Waals surface area contributed by atoms with Crippen molar-refractivity contribution in [2.24, 2.45) is 5.73 Å². The van der Waals surface area contributed by atoms with E-state index >= 15 is 0 Å². The van der Waals surface area contributed by atoms with E-state index < -0.39 is 5.91 Å². The third-order valence-electron chi connectivity index (χ3n) is 7.45. The summed E-state index contributed by atoms with van der Waals surface area (Å²) in [5.74, 6) is 0.785. The van der Waals surface area contributed by atoms with Gasteiger partial charge in [0, 0.05) is 47.9 Å². The van der Waals surface area contributed by atoms with Gasteiger partial charge in [-0.15, -0.1) is 0 Å². The Morgan fingerprint density at radius 1 is 0.929 bits per heavy atom. The normalized spacial score (nSPS) is 13.6. The molecule has 1 aliphatic heterocycles. The maximum atomic E-state index is 11.8. The maximum absolute atomic E-state index is 11.8. The SMILES string of the molecule is Cc1ccc(OCCN2CCOCC2)cc1N(c1ccc(C(N)=O)cc1)c1nc(-c2ccccc2)c2ccccc2n1. The summed E-state index contributed by atoms with van der Waals surface area (Å²) < 4.78 is 11.7. The standard InChI is InChI=1S/C34H33N5O3/c1-24-11-16-28(42-22-19-38-17-20-41-21-18-38)23-31(24)39(27-14-12-26(13-15-27)33(35)40)34-36-30-10-6-5-9-29(30)32(37-34)25-7-3-2-4-8-25/h2-16,23H,17-22H2,1H3,(H2,35,40). The number of ether oxygens (including phenoxy) is 2. The number of anilines is 3. The minimum Gasteiger partial charge on any atom is -0.492 e. The van der Waals surface area contributed by atoms with Crippen LogP contribution in [0.3, 0.4) is 0 Å². The fraction of sp³-hybridized carbons (Fsp3) is 0.206. The zero-order chi connectivity index (χ0) is 28.9. The minimum atomic E-state index is -0.478. The molecule has 1 aromatic heterocycles. The molecule has 8 heteroatoms. The third-order valence-corrected chi connectivity index (χ3v) is 7.45. The van der Waals surface area contributed by atoms with E-state index in [0.717, 1.165) is 77.7 Å². The number of hydrogen-bond donors (Lipinski definition) is 1. The molecule has 4 aromatic carbocycles. The van der Waals surface area contributed by atoms with Gasteiger partial charge in [-0.05, 0) is 48.9 Å². The van der Waals surface area contributed by atoms with Crippen molar-refractivity contribution >= 4 is 34.1 Å². The summed E-state index contributed by atoms with van der Waals surface area (Å²) in [6.07, 6.45) is 0. The molecule has 2 heterocycles. The molecule has 0 radical (unpaired) electrons. The summed E-state index contributed by atoms with van der Waals surface area (Å²) in [5.41, 5.74) is 11.3. The number of nitrogens with two attached hydrogens (primary N) is 1. The van der Waals surface area contributed by atoms with Crippen molar-refractivity contribution in [3.05, 3.63) is 108 Å². The van der Waals surface area contributed by atoms with Crippen LogP contribution in [0.2, 0.25) is 0 Å². The van der Waals surface area contributed by atoms with Gasteiger partial charge in [-0.3, -0.25) is 14.6 Å². The largest absolute Gasteiger partial charge is 0.492 e. The molecule has 0 spiro atoms. The maximum Gasteiger partial charge on any atom is 0.248 e. The van der Waals surface area contributed by atoms with Gasteiger partial charge < -0.3 is 15.2 Å². The molecule has 0 bridgehead atoms. The van der Waals surface area contributed by atoms with Gasteiger partial charge in [0.05, 0.1) is 30.1 Å². The van der Waals surface area contributed by atoms with Crippen LogP contribution in [0.4, 0.5) is 17.3 Å². The van der Waals surface area contributed by atoms with Crippen LogP contribution < -0.4 is 15.4 Å². The summed E-state index contributed by atoms with van der Waals surface area (Å²) in [7, 11) is 0. The van der Waals surface area contributed by atoms with Crippen LogP contribution in [-0.2, 0) is 4.74 Å². The predicted octanol–water partition coefficient (Wildman–Crippen LogP) is 5.88. The number of benzene rings is 4. The molecule has 2 N–H and O–H groups in total. The lowest BCUT2D eigenvalue weighted by atomic mass is 10.1. The van der Waals surface area contributed by atoms with Crippen molar-refractivity contribution in [2.45, 2.75) is 6.92 Å². The number of rotatable bonds is 9. The topological polar surface area (TPSA) is 93.8 Å². The average molecular weight is 560 g/mol. The second kappa shape index (κ2) is 12.4. The number of para-hydroxylation sites is 1. The first-order valence-corrected chi connectivity index (χ1v) is 14.1. The highest BCUT2D eigenvalue weighted by atomic mass is 16.5. The van der Waals surface area contributed by atoms with Crippen LogP contribution >= 0.6 is 0 Å². The molecule has 212 valence electrons. The van der Waals surface area contributed by atoms with Crippen LogP contribution in [-0.4, -0.2) is 60.2 Å². The van der Waals surface area contributed by atoms with E-state index in [9.17, 15) is 4.79 Å². The Labute approximate surface area is 245 Å². The number of aryl methyl sites for hydroxylation is 1. The number of primary amides is 1. The number of aromatic nitrogens is 2. The summed E-state index contributed by atoms with van der Waals surface area (Å²) in [5, 5.41) is 0.966. The number of fused-ring (bicyclic) bond motifs is 1. The first-order valence-electron chi connectivity index (χ1n) is 14.1. The van der Waals surface area contributed by atoms with Gasteiger partial charge >= 0.3 is 0 Å². The Hall–Kier alpha value is -4.79. The number of amides is 1. The molecule has 0 aliphatic carbocycles. The fourth-order valence-corrected chi connectivity index (χ4v) is 5.15. The molecular weight excluding hydrogens is 526 g/mol. The first-order chi connectivity index (χ1) is 20.6. The van der Waals surface area contributed by atoms with Gasteiger partial charge in [0.2, 0.25) is 11.9 Å². The summed E-state index contributed by atoms with van der Waals surface area (Å²) >= 11 is 0. The highest BCUT2D eigenvalue weighted by Gasteiger charge is 2.21. The van der Waals surface area contributed by atoms with Crippen molar-refractivity contribution in [1.82, 2.24) is 14.9 Å². The monoisotopic (exact) mass is 559 g/mol. The van der Waals surface area contributed by atoms with Crippen molar-refractivity contribution in [1.29, 1.82) is 0 Å². The van der Waals surface area contributed by atoms with Gasteiger partial charge in [-0.1, -0.05) is 54.6 Å². The van der Waals surface area contributed by atoms with E-state index in [4.69, 9.17) is 25.2 Å². The number of carbonyl (C=O) groups is 1. The lowest BCUT2D eigenvalue weighted by molar-refractivity contribution is 0.0322. The Morgan fingerprint density at radius 2 is 1.67 bits per heavy atom. The molecule has 1 amide bonds. The van der Waals surface area contributed by atoms with Crippen molar-refractivity contribution in [3.8, 4) is 17.0 Å². The Kier molecular flexibility index (Phi) is 8.07. The number of hydrogen-bond acceptors (Lipinski definition) is 7. The van der Waals surface area contributed by atoms with Gasteiger partial charge in [-0.25, -0.2) is 9.97 Å². The number of morpholine rings is 1. The van der Waals surface area contributed by atoms with Crippen LogP contribution in [0.1, 0.15) is 15.9 Å². The van der Waals surface area contributed by atoms with Crippen LogP contribution in [0, 0.1) is 6.92 Å². The summed E-state index contributed by atoms with van der Waals surface area (Å²) in [6.45, 7) is 6.81. The first kappa shape index (κ1) is 27.4. The molecule has 0 unspecified atom stereocenters. The predicted molar refractivity (Wildman–Crippen MR) is 166 cm³/mol. The zero-order valence-corrected chi connectivity index (χ0v) is 23.6. The minimum absolute atomic E-state index is 0.431. The zero-order valence-electron chi connectivity index (χ0n) is 23.6. The summed E-state index contributed by atoms with van der Waals surface area (Å²) in [4.78, 5) is 26.4. The highest BCUT2D eigenvalue weighted by molar-refractivity contribution is 5.95. The van der Waals surface area contributed by atoms with E-state index in [1.165, 1.54) is 0 Å². The second-order valence-corrected chi connectivity index (χ2v) is 10.3. The quantitative estimate of drug-likeness (QED) is 0.241. The smallest absolute Gasteiger partial charge is 0.248 e. The molecule has 5 aromatic rings. The van der Waals surface area contributed by atoms with E-state index in [-0.39, 0.29) is 0 Å². The third kappa shape index (κ3) is 5.95. The Morgan fingerprint density at radius 3 is 2.43 bits per heavy atom. The Bertz CT molecular complexity index is 1690. The van der Waals surface area contributed by atoms with Crippen LogP contribution in [0.15, 0.2) is 97.1 Å². The Balaban J connectivity index is 1.44. The number of nitrogens with zero attached hydrogens (tertiary/aromatic N) is 4. The summed E-state index contributed by atoms with van der Waals surface area (Å²) in [6, 6.07) is 31.4. The lowest BCUT2D eigenvalue weighted by Crippen LogP contribution is -2.38. The van der Waals surface area contributed by atoms with Crippen molar-refractivity contribution in [2.75, 3.05) is 44.4 Å². The van der Waals surface area contributed by atoms with E-state index in [1.807, 2.05) is 77.7 Å². The van der Waals surface area contributed by atoms with E-state index in [1.54, 1.807) is 12.1 Å². The molecular formula is C34H33N5O3. The van der Waals surface area contributed by atoms with Gasteiger partial charge in [-0.2, -0.15) is 0 Å². The van der Waals surface area contributed by atoms with Crippen LogP contribution in [0.25, 0.3) is 22.2 Å². The van der Waals surface area contributed by atoms with Gasteiger partial charge in [0.1, 0.15) is 12.4 Å². The molecule has 1 saturated heterocycles. The van der Waals surface area contributed by atoms with Crippen LogP contribution in [0.5, 0.6) is 5.75 Å². The number of carbonyl (C=O) groups excluding carboxylic acids is 1. The molecule has 8 nitrogen and oxygen atoms in total. The molecule has 6 rings (SSSR count). The molecule has 0 saturated carbocycles. The van der Waals surface area contributed by atoms with Gasteiger partial charge in [0.15, 0.2) is 0 Å². The molecule has 1 aliphatic rings. The van der Waals surface area contributed by atoms with E-state index in [0.29, 0.717) is 18.1 Å². The van der Waals surface area contributed by atoms with E-state index in [2.05, 4.69) is 24.0 Å². The molecule has 42 heavy (non-hydrogen) atoms.